The van der Waals surface area contributed by atoms with Crippen molar-refractivity contribution in [3.8, 4) is 0 Å². The fourth-order valence-corrected chi connectivity index (χ4v) is 2.46. The molecule has 0 unspecified atom stereocenters. The minimum Gasteiger partial charge on any atom is -0.320 e. The molecule has 88 valence electrons. The largest absolute Gasteiger partial charge is 0.320 e. The molecule has 0 radical (unpaired) electrons. The molecule has 0 atom stereocenters. The average Bonchev–Trinajstić information content (AvgIpc) is 2.72. The topological polar surface area (TPSA) is 42.0 Å². The van der Waals surface area contributed by atoms with Gasteiger partial charge in [0.25, 0.3) is 5.91 Å². The van der Waals surface area contributed by atoms with Crippen LogP contribution in [0.5, 0.6) is 0 Å². The molecule has 0 aliphatic heterocycles. The minimum atomic E-state index is -0.182. The second-order valence-corrected chi connectivity index (χ2v) is 5.73. The van der Waals surface area contributed by atoms with Gasteiger partial charge in [-0.2, -0.15) is 0 Å². The first-order valence-electron chi connectivity index (χ1n) is 4.75. The summed E-state index contributed by atoms with van der Waals surface area (Å²) < 4.78 is 0.677. The molecular weight excluding hydrogens is 324 g/mol. The molecule has 0 aliphatic rings. The molecule has 0 aliphatic carbocycles. The lowest BCUT2D eigenvalue weighted by Crippen LogP contribution is -2.10. The van der Waals surface area contributed by atoms with Gasteiger partial charge in [0.1, 0.15) is 4.88 Å². The lowest BCUT2D eigenvalue weighted by atomic mass is 10.3. The third-order valence-electron chi connectivity index (χ3n) is 2.04. The van der Waals surface area contributed by atoms with Crippen LogP contribution in [0.1, 0.15) is 14.7 Å². The number of carbonyl (C=O) groups excluding carboxylic acids is 1. The molecule has 1 aromatic carbocycles. The molecular formula is C11H8BrClN2OS. The molecule has 3 nitrogen and oxygen atoms in total. The highest BCUT2D eigenvalue weighted by atomic mass is 79.9. The Morgan fingerprint density at radius 1 is 1.53 bits per heavy atom. The molecule has 0 saturated carbocycles. The number of nitrogens with zero attached hydrogens (tertiary/aromatic N) is 1. The molecule has 2 aromatic rings. The maximum Gasteiger partial charge on any atom is 0.267 e. The fraction of sp³-hybridized carbons (Fsp3) is 0.0909. The molecule has 1 aromatic heterocycles. The van der Waals surface area contributed by atoms with Crippen LogP contribution in [0, 0.1) is 6.92 Å². The first-order valence-corrected chi connectivity index (χ1v) is 6.74. The van der Waals surface area contributed by atoms with E-state index in [2.05, 4.69) is 26.2 Å². The monoisotopic (exact) mass is 330 g/mol. The number of benzene rings is 1. The summed E-state index contributed by atoms with van der Waals surface area (Å²) in [5.41, 5.74) is 0.647. The summed E-state index contributed by atoms with van der Waals surface area (Å²) >= 11 is 10.6. The van der Waals surface area contributed by atoms with E-state index in [1.807, 2.05) is 6.92 Å². The molecule has 0 fully saturated rings. The van der Waals surface area contributed by atoms with Gasteiger partial charge in [-0.1, -0.05) is 17.7 Å². The Morgan fingerprint density at radius 2 is 2.29 bits per heavy atom. The SMILES string of the molecule is Cc1ncc(C(=O)Nc2cccc(Cl)c2Br)s1. The van der Waals surface area contributed by atoms with E-state index in [-0.39, 0.29) is 5.91 Å². The minimum absolute atomic E-state index is 0.182. The summed E-state index contributed by atoms with van der Waals surface area (Å²) in [6, 6.07) is 5.31. The Bertz CT molecular complexity index is 570. The van der Waals surface area contributed by atoms with Crippen LogP contribution in [-0.2, 0) is 0 Å². The standard InChI is InChI=1S/C11H8BrClN2OS/c1-6-14-5-9(17-6)11(16)15-8-4-2-3-7(13)10(8)12/h2-5H,1H3,(H,15,16). The van der Waals surface area contributed by atoms with Gasteiger partial charge in [-0.3, -0.25) is 4.79 Å². The number of aromatic nitrogens is 1. The zero-order valence-electron chi connectivity index (χ0n) is 8.83. The van der Waals surface area contributed by atoms with Gasteiger partial charge >= 0.3 is 0 Å². The van der Waals surface area contributed by atoms with Crippen molar-refractivity contribution in [2.24, 2.45) is 0 Å². The van der Waals surface area contributed by atoms with Crippen LogP contribution in [0.15, 0.2) is 28.9 Å². The quantitative estimate of drug-likeness (QED) is 0.899. The van der Waals surface area contributed by atoms with E-state index in [0.717, 1.165) is 5.01 Å². The van der Waals surface area contributed by atoms with Gasteiger partial charge in [0.05, 0.1) is 26.4 Å². The summed E-state index contributed by atoms with van der Waals surface area (Å²) in [4.78, 5) is 16.5. The molecule has 2 rings (SSSR count). The van der Waals surface area contributed by atoms with Crippen LogP contribution in [0.2, 0.25) is 5.02 Å². The van der Waals surface area contributed by atoms with Gasteiger partial charge in [-0.05, 0) is 35.0 Å². The van der Waals surface area contributed by atoms with Gasteiger partial charge in [0, 0.05) is 0 Å². The van der Waals surface area contributed by atoms with Gasteiger partial charge in [0.2, 0.25) is 0 Å². The van der Waals surface area contributed by atoms with Crippen molar-refractivity contribution < 1.29 is 4.79 Å². The van der Waals surface area contributed by atoms with E-state index in [1.54, 1.807) is 24.4 Å². The van der Waals surface area contributed by atoms with Gasteiger partial charge in [-0.25, -0.2) is 4.98 Å². The van der Waals surface area contributed by atoms with Crippen molar-refractivity contribution in [3.05, 3.63) is 43.8 Å². The Kier molecular flexibility index (Phi) is 3.81. The maximum absolute atomic E-state index is 11.9. The molecule has 1 N–H and O–H groups in total. The predicted molar refractivity (Wildman–Crippen MR) is 74.0 cm³/mol. The lowest BCUT2D eigenvalue weighted by Gasteiger charge is -2.06. The Morgan fingerprint density at radius 3 is 2.94 bits per heavy atom. The highest BCUT2D eigenvalue weighted by Crippen LogP contribution is 2.30. The fourth-order valence-electron chi connectivity index (χ4n) is 1.25. The predicted octanol–water partition coefficient (Wildman–Crippen LogP) is 4.12. The van der Waals surface area contributed by atoms with Gasteiger partial charge < -0.3 is 5.32 Å². The number of nitrogens with one attached hydrogen (secondary N) is 1. The summed E-state index contributed by atoms with van der Waals surface area (Å²) in [7, 11) is 0. The van der Waals surface area contributed by atoms with Crippen molar-refractivity contribution in [1.29, 1.82) is 0 Å². The van der Waals surface area contributed by atoms with Gasteiger partial charge in [-0.15, -0.1) is 11.3 Å². The zero-order valence-corrected chi connectivity index (χ0v) is 12.0. The van der Waals surface area contributed by atoms with E-state index in [9.17, 15) is 4.79 Å². The van der Waals surface area contributed by atoms with E-state index >= 15 is 0 Å². The van der Waals surface area contributed by atoms with Crippen molar-refractivity contribution in [3.63, 3.8) is 0 Å². The number of hydrogen-bond acceptors (Lipinski definition) is 3. The number of halogens is 2. The number of thiazole rings is 1. The van der Waals surface area contributed by atoms with Crippen molar-refractivity contribution in [2.75, 3.05) is 5.32 Å². The average molecular weight is 332 g/mol. The van der Waals surface area contributed by atoms with Crippen LogP contribution >= 0.6 is 38.9 Å². The number of amides is 1. The highest BCUT2D eigenvalue weighted by Gasteiger charge is 2.11. The Balaban J connectivity index is 2.21. The van der Waals surface area contributed by atoms with E-state index in [0.29, 0.717) is 20.1 Å². The number of aryl methyl sites for hydroxylation is 1. The number of carbonyl (C=O) groups is 1. The van der Waals surface area contributed by atoms with Crippen LogP contribution < -0.4 is 5.32 Å². The van der Waals surface area contributed by atoms with Crippen LogP contribution in [-0.4, -0.2) is 10.9 Å². The van der Waals surface area contributed by atoms with E-state index in [1.165, 1.54) is 11.3 Å². The second-order valence-electron chi connectivity index (χ2n) is 3.30. The highest BCUT2D eigenvalue weighted by molar-refractivity contribution is 9.10. The normalized spacial score (nSPS) is 10.3. The summed E-state index contributed by atoms with van der Waals surface area (Å²) in [5.74, 6) is -0.182. The summed E-state index contributed by atoms with van der Waals surface area (Å²) in [6.07, 6.45) is 1.56. The Hall–Kier alpha value is -0.910. The third kappa shape index (κ3) is 2.86. The first kappa shape index (κ1) is 12.5. The Labute approximate surface area is 116 Å². The summed E-state index contributed by atoms with van der Waals surface area (Å²) in [5, 5.41) is 4.20. The van der Waals surface area contributed by atoms with Crippen molar-refractivity contribution >= 4 is 50.5 Å². The van der Waals surface area contributed by atoms with Crippen molar-refractivity contribution in [2.45, 2.75) is 6.92 Å². The number of hydrogen-bond donors (Lipinski definition) is 1. The lowest BCUT2D eigenvalue weighted by molar-refractivity contribution is 0.103. The maximum atomic E-state index is 11.9. The molecule has 0 bridgehead atoms. The molecule has 1 heterocycles. The third-order valence-corrected chi connectivity index (χ3v) is 4.35. The molecule has 0 spiro atoms. The molecule has 1 amide bonds. The second kappa shape index (κ2) is 5.16. The van der Waals surface area contributed by atoms with Gasteiger partial charge in [0.15, 0.2) is 0 Å². The molecule has 6 heteroatoms. The van der Waals surface area contributed by atoms with E-state index < -0.39 is 0 Å². The number of anilines is 1. The first-order chi connectivity index (χ1) is 8.08. The summed E-state index contributed by atoms with van der Waals surface area (Å²) in [6.45, 7) is 1.86. The molecule has 17 heavy (non-hydrogen) atoms. The molecule has 0 saturated heterocycles. The zero-order chi connectivity index (χ0) is 12.4. The van der Waals surface area contributed by atoms with Crippen molar-refractivity contribution in [1.82, 2.24) is 4.98 Å². The van der Waals surface area contributed by atoms with Crippen LogP contribution in [0.25, 0.3) is 0 Å². The smallest absolute Gasteiger partial charge is 0.267 e. The number of rotatable bonds is 2. The van der Waals surface area contributed by atoms with E-state index in [4.69, 9.17) is 11.6 Å². The van der Waals surface area contributed by atoms with Crippen LogP contribution in [0.3, 0.4) is 0 Å². The van der Waals surface area contributed by atoms with Crippen LogP contribution in [0.4, 0.5) is 5.69 Å².